The van der Waals surface area contributed by atoms with Crippen LogP contribution in [0.1, 0.15) is 46.2 Å². The molecule has 1 rings (SSSR count). The Bertz CT molecular complexity index is 449. The molecule has 2 unspecified atom stereocenters. The summed E-state index contributed by atoms with van der Waals surface area (Å²) in [4.78, 5) is 0. The molecule has 1 N–H and O–H groups in total. The predicted molar refractivity (Wildman–Crippen MR) is 89.6 cm³/mol. The van der Waals surface area contributed by atoms with Gasteiger partial charge in [-0.1, -0.05) is 32.4 Å². The average Bonchev–Trinajstić information content (AvgIpc) is 2.44. The van der Waals surface area contributed by atoms with Gasteiger partial charge in [0.1, 0.15) is 0 Å². The Labute approximate surface area is 134 Å². The fourth-order valence-corrected chi connectivity index (χ4v) is 2.68. The van der Waals surface area contributed by atoms with Crippen molar-refractivity contribution >= 4 is 11.6 Å². The summed E-state index contributed by atoms with van der Waals surface area (Å²) in [6, 6.07) is 4.06. The number of benzene rings is 1. The molecule has 4 heteroatoms. The maximum absolute atomic E-state index is 6.48. The summed E-state index contributed by atoms with van der Waals surface area (Å²) in [5, 5.41) is 4.10. The van der Waals surface area contributed by atoms with E-state index in [1.807, 2.05) is 33.0 Å². The second-order valence-corrected chi connectivity index (χ2v) is 5.96. The number of hydrogen-bond donors (Lipinski definition) is 1. The molecule has 3 nitrogen and oxygen atoms in total. The van der Waals surface area contributed by atoms with Crippen molar-refractivity contribution in [3.63, 3.8) is 0 Å². The van der Waals surface area contributed by atoms with Crippen LogP contribution in [0.2, 0.25) is 5.02 Å². The van der Waals surface area contributed by atoms with Gasteiger partial charge in [-0.3, -0.25) is 0 Å². The van der Waals surface area contributed by atoms with E-state index >= 15 is 0 Å². The highest BCUT2D eigenvalue weighted by atomic mass is 35.5. The number of rotatable bonds is 8. The number of nitrogens with one attached hydrogen (secondary N) is 1. The molecule has 120 valence electrons. The van der Waals surface area contributed by atoms with Crippen LogP contribution in [0.4, 0.5) is 0 Å². The van der Waals surface area contributed by atoms with Crippen LogP contribution >= 0.6 is 11.6 Å². The first-order chi connectivity index (χ1) is 9.96. The average molecular weight is 314 g/mol. The lowest BCUT2D eigenvalue weighted by Gasteiger charge is -2.28. The zero-order valence-corrected chi connectivity index (χ0v) is 14.8. The van der Waals surface area contributed by atoms with Gasteiger partial charge in [-0.2, -0.15) is 0 Å². The first-order valence-corrected chi connectivity index (χ1v) is 8.10. The molecule has 0 saturated heterocycles. The van der Waals surface area contributed by atoms with Gasteiger partial charge in [0, 0.05) is 17.1 Å². The van der Waals surface area contributed by atoms with Crippen molar-refractivity contribution in [1.29, 1.82) is 0 Å². The van der Waals surface area contributed by atoms with E-state index in [0.29, 0.717) is 35.8 Å². The smallest absolute Gasteiger partial charge is 0.162 e. The molecule has 0 amide bonds. The molecule has 1 aromatic carbocycles. The van der Waals surface area contributed by atoms with E-state index in [1.54, 1.807) is 0 Å². The summed E-state index contributed by atoms with van der Waals surface area (Å²) in [7, 11) is 1.97. The molecule has 0 heterocycles. The first kappa shape index (κ1) is 18.1. The molecule has 0 aliphatic carbocycles. The third-order valence-electron chi connectivity index (χ3n) is 3.89. The maximum Gasteiger partial charge on any atom is 0.162 e. The predicted octanol–water partition coefficient (Wildman–Crippen LogP) is 4.69. The van der Waals surface area contributed by atoms with Crippen LogP contribution in [0.3, 0.4) is 0 Å². The number of halogens is 1. The number of hydrogen-bond acceptors (Lipinski definition) is 3. The van der Waals surface area contributed by atoms with E-state index in [4.69, 9.17) is 21.1 Å². The molecule has 0 aliphatic heterocycles. The van der Waals surface area contributed by atoms with E-state index in [1.165, 1.54) is 0 Å². The van der Waals surface area contributed by atoms with Crippen molar-refractivity contribution in [2.24, 2.45) is 11.8 Å². The standard InChI is InChI=1S/C17H28ClNO2/c1-7-20-15-9-13(14(18)10-16(15)21-8-2)17(19-6)12(5)11(3)4/h9-12,17,19H,7-8H2,1-6H3. The lowest BCUT2D eigenvalue weighted by Crippen LogP contribution is -2.27. The van der Waals surface area contributed by atoms with Crippen molar-refractivity contribution in [3.05, 3.63) is 22.7 Å². The summed E-state index contributed by atoms with van der Waals surface area (Å²) in [6.45, 7) is 11.8. The molecular weight excluding hydrogens is 286 g/mol. The van der Waals surface area contributed by atoms with Crippen molar-refractivity contribution in [2.75, 3.05) is 20.3 Å². The minimum absolute atomic E-state index is 0.187. The molecule has 0 bridgehead atoms. The topological polar surface area (TPSA) is 30.5 Å². The van der Waals surface area contributed by atoms with Crippen LogP contribution in [-0.4, -0.2) is 20.3 Å². The minimum atomic E-state index is 0.187. The van der Waals surface area contributed by atoms with Gasteiger partial charge in [-0.05, 0) is 44.4 Å². The van der Waals surface area contributed by atoms with E-state index in [-0.39, 0.29) is 6.04 Å². The third-order valence-corrected chi connectivity index (χ3v) is 4.21. The van der Waals surface area contributed by atoms with Gasteiger partial charge in [0.05, 0.1) is 13.2 Å². The van der Waals surface area contributed by atoms with Crippen molar-refractivity contribution in [1.82, 2.24) is 5.32 Å². The zero-order chi connectivity index (χ0) is 16.0. The largest absolute Gasteiger partial charge is 0.490 e. The third kappa shape index (κ3) is 4.52. The molecule has 1 aromatic rings. The van der Waals surface area contributed by atoms with E-state index in [2.05, 4.69) is 26.1 Å². The molecule has 0 aromatic heterocycles. The van der Waals surface area contributed by atoms with Gasteiger partial charge in [0.25, 0.3) is 0 Å². The Morgan fingerprint density at radius 2 is 1.57 bits per heavy atom. The van der Waals surface area contributed by atoms with Crippen LogP contribution in [0, 0.1) is 11.8 Å². The monoisotopic (exact) mass is 313 g/mol. The zero-order valence-electron chi connectivity index (χ0n) is 14.0. The maximum atomic E-state index is 6.48. The van der Waals surface area contributed by atoms with Crippen LogP contribution in [0.15, 0.2) is 12.1 Å². The summed E-state index contributed by atoms with van der Waals surface area (Å²) < 4.78 is 11.3. The molecule has 0 saturated carbocycles. The highest BCUT2D eigenvalue weighted by molar-refractivity contribution is 6.31. The van der Waals surface area contributed by atoms with Gasteiger partial charge in [-0.15, -0.1) is 0 Å². The SMILES string of the molecule is CCOc1cc(Cl)c(C(NC)C(C)C(C)C)cc1OCC. The van der Waals surface area contributed by atoms with E-state index in [0.717, 1.165) is 11.3 Å². The van der Waals surface area contributed by atoms with Crippen LogP contribution in [-0.2, 0) is 0 Å². The Balaban J connectivity index is 3.24. The van der Waals surface area contributed by atoms with Crippen LogP contribution in [0.25, 0.3) is 0 Å². The van der Waals surface area contributed by atoms with Crippen LogP contribution in [0.5, 0.6) is 11.5 Å². The van der Waals surface area contributed by atoms with Gasteiger partial charge in [0.15, 0.2) is 11.5 Å². The Morgan fingerprint density at radius 1 is 1.05 bits per heavy atom. The van der Waals surface area contributed by atoms with Crippen molar-refractivity contribution < 1.29 is 9.47 Å². The normalized spacial score (nSPS) is 14.1. The van der Waals surface area contributed by atoms with Crippen molar-refractivity contribution in [2.45, 2.75) is 40.7 Å². The Morgan fingerprint density at radius 3 is 2.00 bits per heavy atom. The highest BCUT2D eigenvalue weighted by Crippen LogP contribution is 2.39. The molecule has 2 atom stereocenters. The van der Waals surface area contributed by atoms with E-state index in [9.17, 15) is 0 Å². The number of ether oxygens (including phenoxy) is 2. The van der Waals surface area contributed by atoms with Gasteiger partial charge in [0.2, 0.25) is 0 Å². The van der Waals surface area contributed by atoms with Gasteiger partial charge in [-0.25, -0.2) is 0 Å². The van der Waals surface area contributed by atoms with Crippen LogP contribution < -0.4 is 14.8 Å². The van der Waals surface area contributed by atoms with Gasteiger partial charge >= 0.3 is 0 Å². The molecule has 0 spiro atoms. The molecule has 0 aliphatic rings. The summed E-state index contributed by atoms with van der Waals surface area (Å²) in [5.74, 6) is 2.48. The lowest BCUT2D eigenvalue weighted by molar-refractivity contribution is 0.284. The molecule has 0 fully saturated rings. The summed E-state index contributed by atoms with van der Waals surface area (Å²) in [5.41, 5.74) is 1.06. The molecule has 0 radical (unpaired) electrons. The summed E-state index contributed by atoms with van der Waals surface area (Å²) in [6.07, 6.45) is 0. The Hall–Kier alpha value is -0.930. The van der Waals surface area contributed by atoms with E-state index < -0.39 is 0 Å². The highest BCUT2D eigenvalue weighted by Gasteiger charge is 2.24. The van der Waals surface area contributed by atoms with Crippen molar-refractivity contribution in [3.8, 4) is 11.5 Å². The molecular formula is C17H28ClNO2. The molecule has 21 heavy (non-hydrogen) atoms. The van der Waals surface area contributed by atoms with Gasteiger partial charge < -0.3 is 14.8 Å². The quantitative estimate of drug-likeness (QED) is 0.755. The minimum Gasteiger partial charge on any atom is -0.490 e. The second-order valence-electron chi connectivity index (χ2n) is 5.56. The first-order valence-electron chi connectivity index (χ1n) is 7.72. The Kier molecular flexibility index (Phi) is 7.33. The fraction of sp³-hybridized carbons (Fsp3) is 0.647. The fourth-order valence-electron chi connectivity index (χ4n) is 2.41. The summed E-state index contributed by atoms with van der Waals surface area (Å²) >= 11 is 6.48. The second kappa shape index (κ2) is 8.50. The lowest BCUT2D eigenvalue weighted by atomic mass is 9.86.